The predicted molar refractivity (Wildman–Crippen MR) is 59.7 cm³/mol. The smallest absolute Gasteiger partial charge is 0.231 e. The van der Waals surface area contributed by atoms with E-state index in [0.717, 1.165) is 41.1 Å². The molecule has 0 radical (unpaired) electrons. The van der Waals surface area contributed by atoms with Crippen LogP contribution in [0.5, 0.6) is 11.5 Å². The maximum atomic E-state index is 5.32. The Kier molecular flexibility index (Phi) is 2.13. The van der Waals surface area contributed by atoms with Crippen LogP contribution in [0.15, 0.2) is 18.3 Å². The fourth-order valence-electron chi connectivity index (χ4n) is 1.80. The number of nitrogens with zero attached hydrogens (tertiary/aromatic N) is 2. The van der Waals surface area contributed by atoms with Crippen LogP contribution >= 0.6 is 0 Å². The number of hydrogen-bond donors (Lipinski definition) is 0. The third-order valence-corrected chi connectivity index (χ3v) is 2.60. The predicted octanol–water partition coefficient (Wildman–Crippen LogP) is 2.31. The summed E-state index contributed by atoms with van der Waals surface area (Å²) < 4.78 is 10.6. The lowest BCUT2D eigenvalue weighted by Gasteiger charge is -2.02. The molecule has 0 fully saturated rings. The zero-order valence-electron chi connectivity index (χ0n) is 9.06. The van der Waals surface area contributed by atoms with Crippen molar-refractivity contribution < 1.29 is 9.47 Å². The van der Waals surface area contributed by atoms with Crippen LogP contribution in [0.25, 0.3) is 10.9 Å². The second-order valence-corrected chi connectivity index (χ2v) is 3.80. The first-order valence-electron chi connectivity index (χ1n) is 5.42. The summed E-state index contributed by atoms with van der Waals surface area (Å²) in [5, 5.41) is 0.990. The van der Waals surface area contributed by atoms with E-state index in [9.17, 15) is 0 Å². The molecule has 0 saturated carbocycles. The first-order chi connectivity index (χ1) is 7.86. The van der Waals surface area contributed by atoms with Crippen LogP contribution in [-0.2, 0) is 6.42 Å². The average molecular weight is 216 g/mol. The molecular weight excluding hydrogens is 204 g/mol. The zero-order valence-corrected chi connectivity index (χ0v) is 9.06. The minimum Gasteiger partial charge on any atom is -0.454 e. The van der Waals surface area contributed by atoms with Crippen LogP contribution in [-0.4, -0.2) is 16.8 Å². The summed E-state index contributed by atoms with van der Waals surface area (Å²) in [5.41, 5.74) is 0.919. The minimum absolute atomic E-state index is 0.293. The summed E-state index contributed by atoms with van der Waals surface area (Å²) >= 11 is 0. The zero-order chi connectivity index (χ0) is 11.0. The minimum atomic E-state index is 0.293. The van der Waals surface area contributed by atoms with Crippen LogP contribution < -0.4 is 9.47 Å². The summed E-state index contributed by atoms with van der Waals surface area (Å²) in [4.78, 5) is 8.81. The molecule has 2 aromatic rings. The molecular formula is C12H12N2O2. The quantitative estimate of drug-likeness (QED) is 0.772. The van der Waals surface area contributed by atoms with Crippen molar-refractivity contribution in [2.45, 2.75) is 19.8 Å². The van der Waals surface area contributed by atoms with Crippen LogP contribution in [0.3, 0.4) is 0 Å². The number of hydrogen-bond acceptors (Lipinski definition) is 4. The van der Waals surface area contributed by atoms with Crippen molar-refractivity contribution >= 4 is 10.9 Å². The Morgan fingerprint density at radius 3 is 2.88 bits per heavy atom. The molecule has 0 bridgehead atoms. The van der Waals surface area contributed by atoms with Gasteiger partial charge in [0.1, 0.15) is 5.82 Å². The summed E-state index contributed by atoms with van der Waals surface area (Å²) in [7, 11) is 0. The van der Waals surface area contributed by atoms with Gasteiger partial charge < -0.3 is 9.47 Å². The highest BCUT2D eigenvalue weighted by Crippen LogP contribution is 2.35. The lowest BCUT2D eigenvalue weighted by molar-refractivity contribution is 0.174. The SMILES string of the molecule is CCCc1ncc2cc3c(cc2n1)OCO3. The van der Waals surface area contributed by atoms with Crippen molar-refractivity contribution in [1.82, 2.24) is 9.97 Å². The van der Waals surface area contributed by atoms with Gasteiger partial charge in [-0.2, -0.15) is 0 Å². The van der Waals surface area contributed by atoms with E-state index >= 15 is 0 Å². The first-order valence-corrected chi connectivity index (χ1v) is 5.42. The average Bonchev–Trinajstić information content (AvgIpc) is 2.73. The fraction of sp³-hybridized carbons (Fsp3) is 0.333. The molecule has 0 unspecified atom stereocenters. The number of benzene rings is 1. The first kappa shape index (κ1) is 9.39. The molecule has 82 valence electrons. The van der Waals surface area contributed by atoms with E-state index in [4.69, 9.17) is 9.47 Å². The number of ether oxygens (including phenoxy) is 2. The molecule has 1 aromatic heterocycles. The third kappa shape index (κ3) is 1.46. The molecule has 1 aliphatic heterocycles. The van der Waals surface area contributed by atoms with Gasteiger partial charge in [-0.3, -0.25) is 0 Å². The van der Waals surface area contributed by atoms with Crippen LogP contribution in [0.1, 0.15) is 19.2 Å². The Bertz CT molecular complexity index is 540. The lowest BCUT2D eigenvalue weighted by atomic mass is 10.2. The summed E-state index contributed by atoms with van der Waals surface area (Å²) in [6, 6.07) is 3.84. The maximum absolute atomic E-state index is 5.32. The van der Waals surface area contributed by atoms with E-state index < -0.39 is 0 Å². The second-order valence-electron chi connectivity index (χ2n) is 3.80. The van der Waals surface area contributed by atoms with E-state index in [-0.39, 0.29) is 0 Å². The molecule has 3 rings (SSSR count). The van der Waals surface area contributed by atoms with Crippen LogP contribution in [0, 0.1) is 0 Å². The normalized spacial score (nSPS) is 13.3. The largest absolute Gasteiger partial charge is 0.454 e. The molecule has 0 spiro atoms. The molecule has 2 heterocycles. The van der Waals surface area contributed by atoms with Crippen molar-refractivity contribution in [3.05, 3.63) is 24.2 Å². The van der Waals surface area contributed by atoms with E-state index in [1.165, 1.54) is 0 Å². The molecule has 0 N–H and O–H groups in total. The topological polar surface area (TPSA) is 44.2 Å². The molecule has 16 heavy (non-hydrogen) atoms. The van der Waals surface area contributed by atoms with Crippen molar-refractivity contribution in [2.75, 3.05) is 6.79 Å². The molecule has 0 saturated heterocycles. The Hall–Kier alpha value is -1.84. The van der Waals surface area contributed by atoms with Gasteiger partial charge in [-0.1, -0.05) is 6.92 Å². The van der Waals surface area contributed by atoms with Gasteiger partial charge in [-0.05, 0) is 12.5 Å². The van der Waals surface area contributed by atoms with Gasteiger partial charge in [0.05, 0.1) is 5.52 Å². The lowest BCUT2D eigenvalue weighted by Crippen LogP contribution is -1.94. The number of rotatable bonds is 2. The molecule has 0 amide bonds. The highest BCUT2D eigenvalue weighted by molar-refractivity contribution is 5.82. The van der Waals surface area contributed by atoms with Crippen molar-refractivity contribution in [3.63, 3.8) is 0 Å². The van der Waals surface area contributed by atoms with Gasteiger partial charge in [0, 0.05) is 24.1 Å². The van der Waals surface area contributed by atoms with E-state index in [0.29, 0.717) is 6.79 Å². The van der Waals surface area contributed by atoms with E-state index in [1.807, 2.05) is 18.3 Å². The maximum Gasteiger partial charge on any atom is 0.231 e. The van der Waals surface area contributed by atoms with Crippen molar-refractivity contribution in [2.24, 2.45) is 0 Å². The standard InChI is InChI=1S/C12H12N2O2/c1-2-3-12-13-6-8-4-10-11(16-7-15-10)5-9(8)14-12/h4-6H,2-3,7H2,1H3. The third-order valence-electron chi connectivity index (χ3n) is 2.60. The van der Waals surface area contributed by atoms with Gasteiger partial charge in [-0.25, -0.2) is 9.97 Å². The summed E-state index contributed by atoms with van der Waals surface area (Å²) in [6.45, 7) is 2.41. The number of aromatic nitrogens is 2. The Morgan fingerprint density at radius 1 is 1.25 bits per heavy atom. The van der Waals surface area contributed by atoms with E-state index in [1.54, 1.807) is 0 Å². The van der Waals surface area contributed by atoms with Gasteiger partial charge in [-0.15, -0.1) is 0 Å². The Labute approximate surface area is 93.2 Å². The van der Waals surface area contributed by atoms with Gasteiger partial charge in [0.2, 0.25) is 6.79 Å². The van der Waals surface area contributed by atoms with Gasteiger partial charge >= 0.3 is 0 Å². The molecule has 1 aromatic carbocycles. The van der Waals surface area contributed by atoms with Gasteiger partial charge in [0.25, 0.3) is 0 Å². The molecule has 1 aliphatic rings. The van der Waals surface area contributed by atoms with Crippen molar-refractivity contribution in [1.29, 1.82) is 0 Å². The molecule has 4 heteroatoms. The van der Waals surface area contributed by atoms with E-state index in [2.05, 4.69) is 16.9 Å². The second kappa shape index (κ2) is 3.63. The Morgan fingerprint density at radius 2 is 2.06 bits per heavy atom. The number of fused-ring (bicyclic) bond motifs is 2. The summed E-state index contributed by atoms with van der Waals surface area (Å²) in [5.74, 6) is 2.43. The van der Waals surface area contributed by atoms with Crippen LogP contribution in [0.2, 0.25) is 0 Å². The highest BCUT2D eigenvalue weighted by atomic mass is 16.7. The van der Waals surface area contributed by atoms with Gasteiger partial charge in [0.15, 0.2) is 11.5 Å². The molecule has 0 atom stereocenters. The van der Waals surface area contributed by atoms with Crippen molar-refractivity contribution in [3.8, 4) is 11.5 Å². The number of aryl methyl sites for hydroxylation is 1. The Balaban J connectivity index is 2.13. The highest BCUT2D eigenvalue weighted by Gasteiger charge is 2.14. The molecule has 0 aliphatic carbocycles. The monoisotopic (exact) mass is 216 g/mol. The molecule has 4 nitrogen and oxygen atoms in total. The van der Waals surface area contributed by atoms with Crippen LogP contribution in [0.4, 0.5) is 0 Å². The fourth-order valence-corrected chi connectivity index (χ4v) is 1.80. The summed E-state index contributed by atoms with van der Waals surface area (Å²) in [6.07, 6.45) is 3.80.